The number of nitrogens with one attached hydrogen (secondary N) is 1. The number of benzene rings is 3. The summed E-state index contributed by atoms with van der Waals surface area (Å²) in [5.41, 5.74) is 7.61. The van der Waals surface area contributed by atoms with E-state index in [9.17, 15) is 9.59 Å². The maximum absolute atomic E-state index is 14.3. The van der Waals surface area contributed by atoms with Crippen LogP contribution in [0.3, 0.4) is 0 Å². The second-order valence-corrected chi connectivity index (χ2v) is 11.5. The number of aromatic nitrogens is 6. The summed E-state index contributed by atoms with van der Waals surface area (Å²) < 4.78 is 9.58. The zero-order valence-corrected chi connectivity index (χ0v) is 25.5. The van der Waals surface area contributed by atoms with Crippen molar-refractivity contribution in [1.29, 1.82) is 0 Å². The van der Waals surface area contributed by atoms with Crippen LogP contribution in [0, 0.1) is 0 Å². The number of rotatable bonds is 10. The molecule has 0 saturated heterocycles. The molecule has 0 radical (unpaired) electrons. The summed E-state index contributed by atoms with van der Waals surface area (Å²) in [5, 5.41) is 14.6. The number of carbonyl (C=O) groups is 1. The second-order valence-electron chi connectivity index (χ2n) is 11.5. The number of H-pyrrole nitrogens is 1. The molecule has 5 aromatic rings. The van der Waals surface area contributed by atoms with Gasteiger partial charge in [0, 0.05) is 29.3 Å². The van der Waals surface area contributed by atoms with Gasteiger partial charge in [0.05, 0.1) is 18.2 Å². The summed E-state index contributed by atoms with van der Waals surface area (Å²) in [6.07, 6.45) is 4.81. The number of carbonyl (C=O) groups excluding carboxylic acids is 1. The largest absolute Gasteiger partial charge is 0.462 e. The minimum absolute atomic E-state index is 0.0392. The van der Waals surface area contributed by atoms with E-state index in [-0.39, 0.29) is 23.6 Å². The van der Waals surface area contributed by atoms with Crippen molar-refractivity contribution in [2.75, 3.05) is 6.61 Å². The van der Waals surface area contributed by atoms with Crippen LogP contribution in [-0.2, 0) is 24.0 Å². The van der Waals surface area contributed by atoms with Crippen LogP contribution in [0.25, 0.3) is 22.5 Å². The van der Waals surface area contributed by atoms with Crippen LogP contribution < -0.4 is 5.56 Å². The molecular formula is C35H38N6O3. The van der Waals surface area contributed by atoms with Crippen LogP contribution in [0.15, 0.2) is 77.6 Å². The van der Waals surface area contributed by atoms with Gasteiger partial charge in [-0.05, 0) is 73.1 Å². The normalized spacial score (nSPS) is 16.1. The van der Waals surface area contributed by atoms with Crippen molar-refractivity contribution in [3.63, 3.8) is 0 Å². The van der Waals surface area contributed by atoms with Gasteiger partial charge < -0.3 is 4.74 Å². The quantitative estimate of drug-likeness (QED) is 0.190. The van der Waals surface area contributed by atoms with E-state index in [1.54, 1.807) is 0 Å². The highest BCUT2D eigenvalue weighted by Crippen LogP contribution is 2.34. The Balaban J connectivity index is 1.33. The van der Waals surface area contributed by atoms with Gasteiger partial charge in [-0.25, -0.2) is 9.48 Å². The average Bonchev–Trinajstić information content (AvgIpc) is 3.68. The Bertz CT molecular complexity index is 1800. The molecule has 9 nitrogen and oxygen atoms in total. The third-order valence-corrected chi connectivity index (χ3v) is 8.62. The highest BCUT2D eigenvalue weighted by molar-refractivity contribution is 5.91. The molecule has 6 rings (SSSR count). The lowest BCUT2D eigenvalue weighted by molar-refractivity contribution is 0.0524. The topological polar surface area (TPSA) is 108 Å². The molecule has 0 bridgehead atoms. The zero-order chi connectivity index (χ0) is 30.6. The molecule has 2 unspecified atom stereocenters. The van der Waals surface area contributed by atoms with Crippen LogP contribution in [0.4, 0.5) is 0 Å². The first-order valence-electron chi connectivity index (χ1n) is 15.5. The minimum atomic E-state index is -0.314. The molecule has 1 aliphatic heterocycles. The molecule has 0 aliphatic carbocycles. The first-order chi connectivity index (χ1) is 21.5. The predicted molar refractivity (Wildman–Crippen MR) is 170 cm³/mol. The fourth-order valence-electron chi connectivity index (χ4n) is 6.57. The maximum Gasteiger partial charge on any atom is 0.338 e. The number of fused-ring (bicyclic) bond motifs is 1. The SMILES string of the molecule is CCCc1c(Cc2ccc(-c3ccccc3-c3nn[nH]n3)cc2)c(=O)n2n1C(C)CCC2Cc1ccccc1C(=O)OCC. The molecule has 0 spiro atoms. The van der Waals surface area contributed by atoms with Gasteiger partial charge in [0.25, 0.3) is 5.56 Å². The van der Waals surface area contributed by atoms with Crippen LogP contribution in [0.1, 0.15) is 84.9 Å². The van der Waals surface area contributed by atoms with Crippen LogP contribution in [-0.4, -0.2) is 42.6 Å². The number of hydrogen-bond donors (Lipinski definition) is 1. The molecule has 0 amide bonds. The molecular weight excluding hydrogens is 552 g/mol. The van der Waals surface area contributed by atoms with Gasteiger partial charge in [-0.15, -0.1) is 10.2 Å². The van der Waals surface area contributed by atoms with Gasteiger partial charge in [-0.1, -0.05) is 80.1 Å². The Morgan fingerprint density at radius 1 is 0.955 bits per heavy atom. The standard InChI is InChI=1S/C35H38N6O3/c1-4-10-32-31(21-24-16-18-25(19-17-24)28-12-8-9-14-30(28)33-36-38-39-37-33)34(42)41-27(20-15-23(3)40(32)41)22-26-11-6-7-13-29(26)35(43)44-5-2/h6-9,11-14,16-19,23,27H,4-5,10,15,20-22H2,1-3H3,(H,36,37,38,39). The van der Waals surface area contributed by atoms with Crippen molar-refractivity contribution < 1.29 is 9.53 Å². The lowest BCUT2D eigenvalue weighted by atomic mass is 9.95. The molecule has 0 saturated carbocycles. The molecule has 44 heavy (non-hydrogen) atoms. The van der Waals surface area contributed by atoms with Crippen LogP contribution in [0.5, 0.6) is 0 Å². The predicted octanol–water partition coefficient (Wildman–Crippen LogP) is 6.36. The lowest BCUT2D eigenvalue weighted by Crippen LogP contribution is -2.35. The Kier molecular flexibility index (Phi) is 8.54. The van der Waals surface area contributed by atoms with E-state index in [0.717, 1.165) is 64.8 Å². The fourth-order valence-corrected chi connectivity index (χ4v) is 6.57. The third-order valence-electron chi connectivity index (χ3n) is 8.62. The number of aromatic amines is 1. The van der Waals surface area contributed by atoms with E-state index in [1.807, 2.05) is 54.1 Å². The van der Waals surface area contributed by atoms with Crippen molar-refractivity contribution >= 4 is 5.97 Å². The van der Waals surface area contributed by atoms with E-state index in [4.69, 9.17) is 4.74 Å². The summed E-state index contributed by atoms with van der Waals surface area (Å²) in [5.74, 6) is 0.237. The van der Waals surface area contributed by atoms with E-state index in [1.165, 1.54) is 0 Å². The van der Waals surface area contributed by atoms with Crippen molar-refractivity contribution in [1.82, 2.24) is 30.0 Å². The molecule has 3 heterocycles. The van der Waals surface area contributed by atoms with Gasteiger partial charge in [0.2, 0.25) is 5.82 Å². The average molecular weight is 591 g/mol. The van der Waals surface area contributed by atoms with Gasteiger partial charge in [-0.2, -0.15) is 5.21 Å². The number of tetrazole rings is 1. The number of ether oxygens (including phenoxy) is 1. The molecule has 2 aromatic heterocycles. The third kappa shape index (κ3) is 5.62. The summed E-state index contributed by atoms with van der Waals surface area (Å²) in [6, 6.07) is 24.2. The fraction of sp³-hybridized carbons (Fsp3) is 0.343. The number of esters is 1. The molecule has 226 valence electrons. The molecule has 9 heteroatoms. The van der Waals surface area contributed by atoms with E-state index >= 15 is 0 Å². The smallest absolute Gasteiger partial charge is 0.338 e. The van der Waals surface area contributed by atoms with E-state index in [0.29, 0.717) is 30.8 Å². The van der Waals surface area contributed by atoms with E-state index < -0.39 is 0 Å². The van der Waals surface area contributed by atoms with Gasteiger partial charge in [0.1, 0.15) is 0 Å². The van der Waals surface area contributed by atoms with Crippen LogP contribution in [0.2, 0.25) is 0 Å². The zero-order valence-electron chi connectivity index (χ0n) is 25.5. The highest BCUT2D eigenvalue weighted by Gasteiger charge is 2.32. The maximum atomic E-state index is 14.3. The van der Waals surface area contributed by atoms with Gasteiger partial charge in [-0.3, -0.25) is 9.48 Å². The molecule has 1 N–H and O–H groups in total. The Morgan fingerprint density at radius 2 is 1.70 bits per heavy atom. The summed E-state index contributed by atoms with van der Waals surface area (Å²) >= 11 is 0. The monoisotopic (exact) mass is 590 g/mol. The Morgan fingerprint density at radius 3 is 2.43 bits per heavy atom. The van der Waals surface area contributed by atoms with Gasteiger partial charge >= 0.3 is 5.97 Å². The van der Waals surface area contributed by atoms with E-state index in [2.05, 4.69) is 69.5 Å². The number of hydrogen-bond acceptors (Lipinski definition) is 6. The molecule has 1 aliphatic rings. The first kappa shape index (κ1) is 29.3. The Labute approximate surface area is 256 Å². The van der Waals surface area contributed by atoms with Crippen molar-refractivity contribution in [3.05, 3.63) is 111 Å². The molecule has 3 aromatic carbocycles. The summed E-state index contributed by atoms with van der Waals surface area (Å²) in [6.45, 7) is 6.51. The van der Waals surface area contributed by atoms with Crippen LogP contribution >= 0.6 is 0 Å². The second kappa shape index (κ2) is 12.8. The van der Waals surface area contributed by atoms with Gasteiger partial charge in [0.15, 0.2) is 0 Å². The summed E-state index contributed by atoms with van der Waals surface area (Å²) in [4.78, 5) is 27.0. The first-order valence-corrected chi connectivity index (χ1v) is 15.5. The minimum Gasteiger partial charge on any atom is -0.462 e. The lowest BCUT2D eigenvalue weighted by Gasteiger charge is -2.33. The van der Waals surface area contributed by atoms with Crippen molar-refractivity contribution in [3.8, 4) is 22.5 Å². The Hall–Kier alpha value is -4.79. The highest BCUT2D eigenvalue weighted by atomic mass is 16.5. The van der Waals surface area contributed by atoms with Crippen molar-refractivity contribution in [2.24, 2.45) is 0 Å². The number of nitrogens with zero attached hydrogens (tertiary/aromatic N) is 5. The molecule has 0 fully saturated rings. The molecule has 2 atom stereocenters. The van der Waals surface area contributed by atoms with Crippen molar-refractivity contribution in [2.45, 2.75) is 71.4 Å². The summed E-state index contributed by atoms with van der Waals surface area (Å²) in [7, 11) is 0.